The van der Waals surface area contributed by atoms with Crippen molar-refractivity contribution in [3.8, 4) is 17.6 Å². The van der Waals surface area contributed by atoms with Crippen molar-refractivity contribution in [2.24, 2.45) is 0 Å². The minimum absolute atomic E-state index is 0.152. The number of nitriles is 1. The Morgan fingerprint density at radius 3 is 2.45 bits per heavy atom. The molecule has 2 rings (SSSR count). The van der Waals surface area contributed by atoms with Crippen molar-refractivity contribution in [3.05, 3.63) is 60.2 Å². The third kappa shape index (κ3) is 3.08. The lowest BCUT2D eigenvalue weighted by atomic mass is 9.96. The van der Waals surface area contributed by atoms with E-state index in [2.05, 4.69) is 0 Å². The second-order valence-corrected chi connectivity index (χ2v) is 4.31. The van der Waals surface area contributed by atoms with Gasteiger partial charge in [0.1, 0.15) is 24.2 Å². The minimum atomic E-state index is -1.68. The van der Waals surface area contributed by atoms with Gasteiger partial charge in [-0.1, -0.05) is 36.4 Å². The van der Waals surface area contributed by atoms with Crippen molar-refractivity contribution in [3.63, 3.8) is 0 Å². The SMILES string of the molecule is COc1cccc(OC[C@](O)(C#N)c2ccccc2)c1. The standard InChI is InChI=1S/C16H15NO3/c1-19-14-8-5-9-15(10-14)20-12-16(18,11-17)13-6-3-2-4-7-13/h2-10,18H,12H2,1H3/t16-/m1/s1. The Morgan fingerprint density at radius 2 is 1.80 bits per heavy atom. The summed E-state index contributed by atoms with van der Waals surface area (Å²) in [6.07, 6.45) is 0. The van der Waals surface area contributed by atoms with E-state index in [1.54, 1.807) is 55.6 Å². The zero-order chi connectivity index (χ0) is 14.4. The second-order valence-electron chi connectivity index (χ2n) is 4.31. The summed E-state index contributed by atoms with van der Waals surface area (Å²) in [5.41, 5.74) is -1.17. The largest absolute Gasteiger partial charge is 0.497 e. The maximum absolute atomic E-state index is 10.4. The fraction of sp³-hybridized carbons (Fsp3) is 0.188. The summed E-state index contributed by atoms with van der Waals surface area (Å²) in [6.45, 7) is -0.152. The lowest BCUT2D eigenvalue weighted by Gasteiger charge is -2.21. The molecule has 0 saturated carbocycles. The van der Waals surface area contributed by atoms with Crippen molar-refractivity contribution in [2.45, 2.75) is 5.60 Å². The van der Waals surface area contributed by atoms with Gasteiger partial charge in [-0.25, -0.2) is 0 Å². The maximum atomic E-state index is 10.4. The topological polar surface area (TPSA) is 62.5 Å². The average molecular weight is 269 g/mol. The molecule has 0 aliphatic rings. The molecular formula is C16H15NO3. The number of hydrogen-bond acceptors (Lipinski definition) is 4. The molecule has 4 nitrogen and oxygen atoms in total. The van der Waals surface area contributed by atoms with Gasteiger partial charge in [-0.15, -0.1) is 0 Å². The average Bonchev–Trinajstić information content (AvgIpc) is 2.53. The number of methoxy groups -OCH3 is 1. The van der Waals surface area contributed by atoms with Crippen LogP contribution in [0, 0.1) is 11.3 Å². The molecule has 0 aliphatic carbocycles. The molecule has 1 atom stereocenters. The Kier molecular flexibility index (Phi) is 4.24. The van der Waals surface area contributed by atoms with Crippen LogP contribution >= 0.6 is 0 Å². The zero-order valence-corrected chi connectivity index (χ0v) is 11.1. The molecule has 2 aromatic rings. The Labute approximate surface area is 117 Å². The second kappa shape index (κ2) is 6.09. The number of ether oxygens (including phenoxy) is 2. The van der Waals surface area contributed by atoms with Gasteiger partial charge in [0, 0.05) is 11.6 Å². The van der Waals surface area contributed by atoms with Gasteiger partial charge in [0.05, 0.1) is 7.11 Å². The van der Waals surface area contributed by atoms with Gasteiger partial charge in [0.15, 0.2) is 0 Å². The highest BCUT2D eigenvalue weighted by atomic mass is 16.5. The molecule has 1 N–H and O–H groups in total. The summed E-state index contributed by atoms with van der Waals surface area (Å²) in [7, 11) is 1.56. The van der Waals surface area contributed by atoms with Crippen LogP contribution in [0.4, 0.5) is 0 Å². The number of benzene rings is 2. The van der Waals surface area contributed by atoms with E-state index >= 15 is 0 Å². The van der Waals surface area contributed by atoms with Gasteiger partial charge < -0.3 is 14.6 Å². The first kappa shape index (κ1) is 13.9. The van der Waals surface area contributed by atoms with Crippen molar-refractivity contribution >= 4 is 0 Å². The summed E-state index contributed by atoms with van der Waals surface area (Å²) in [5, 5.41) is 19.6. The molecule has 0 amide bonds. The van der Waals surface area contributed by atoms with Crippen molar-refractivity contribution in [2.75, 3.05) is 13.7 Å². The molecule has 20 heavy (non-hydrogen) atoms. The molecular weight excluding hydrogens is 254 g/mol. The molecule has 0 unspecified atom stereocenters. The Hall–Kier alpha value is -2.51. The number of hydrogen-bond donors (Lipinski definition) is 1. The molecule has 0 bridgehead atoms. The first-order chi connectivity index (χ1) is 9.68. The number of aliphatic hydroxyl groups is 1. The summed E-state index contributed by atoms with van der Waals surface area (Å²) in [5.74, 6) is 1.19. The highest BCUT2D eigenvalue weighted by molar-refractivity contribution is 5.34. The van der Waals surface area contributed by atoms with Crippen molar-refractivity contribution in [1.82, 2.24) is 0 Å². The third-order valence-corrected chi connectivity index (χ3v) is 2.93. The highest BCUT2D eigenvalue weighted by Gasteiger charge is 2.30. The zero-order valence-electron chi connectivity index (χ0n) is 11.1. The predicted octanol–water partition coefficient (Wildman–Crippen LogP) is 2.49. The van der Waals surface area contributed by atoms with E-state index in [1.807, 2.05) is 12.1 Å². The fourth-order valence-corrected chi connectivity index (χ4v) is 1.77. The Balaban J connectivity index is 2.13. The lowest BCUT2D eigenvalue weighted by Crippen LogP contribution is -2.31. The summed E-state index contributed by atoms with van der Waals surface area (Å²) in [6, 6.07) is 17.6. The van der Waals surface area contributed by atoms with Gasteiger partial charge in [0.25, 0.3) is 0 Å². The molecule has 0 radical (unpaired) electrons. The van der Waals surface area contributed by atoms with Crippen LogP contribution in [-0.4, -0.2) is 18.8 Å². The van der Waals surface area contributed by atoms with Crippen molar-refractivity contribution < 1.29 is 14.6 Å². The van der Waals surface area contributed by atoms with E-state index in [4.69, 9.17) is 9.47 Å². The van der Waals surface area contributed by atoms with Gasteiger partial charge in [-0.2, -0.15) is 5.26 Å². The van der Waals surface area contributed by atoms with Gasteiger partial charge in [-0.3, -0.25) is 0 Å². The van der Waals surface area contributed by atoms with Crippen molar-refractivity contribution in [1.29, 1.82) is 5.26 Å². The van der Waals surface area contributed by atoms with Crippen LogP contribution in [0.1, 0.15) is 5.56 Å². The van der Waals surface area contributed by atoms with Crippen LogP contribution < -0.4 is 9.47 Å². The maximum Gasteiger partial charge on any atom is 0.211 e. The smallest absolute Gasteiger partial charge is 0.211 e. The van der Waals surface area contributed by atoms with Crippen LogP contribution in [0.2, 0.25) is 0 Å². The monoisotopic (exact) mass is 269 g/mol. The molecule has 0 fully saturated rings. The molecule has 0 saturated heterocycles. The van der Waals surface area contributed by atoms with E-state index < -0.39 is 5.60 Å². The first-order valence-electron chi connectivity index (χ1n) is 6.14. The Bertz CT molecular complexity index is 607. The van der Waals surface area contributed by atoms with Crippen LogP contribution in [0.5, 0.6) is 11.5 Å². The summed E-state index contributed by atoms with van der Waals surface area (Å²) in [4.78, 5) is 0. The van der Waals surface area contributed by atoms with E-state index in [-0.39, 0.29) is 6.61 Å². The molecule has 0 aliphatic heterocycles. The van der Waals surface area contributed by atoms with Crippen LogP contribution in [-0.2, 0) is 5.60 Å². The lowest BCUT2D eigenvalue weighted by molar-refractivity contribution is 0.0417. The first-order valence-corrected chi connectivity index (χ1v) is 6.14. The van der Waals surface area contributed by atoms with E-state index in [9.17, 15) is 10.4 Å². The summed E-state index contributed by atoms with van der Waals surface area (Å²) < 4.78 is 10.6. The van der Waals surface area contributed by atoms with Gasteiger partial charge in [-0.05, 0) is 12.1 Å². The quantitative estimate of drug-likeness (QED) is 0.847. The van der Waals surface area contributed by atoms with E-state index in [0.717, 1.165) is 0 Å². The van der Waals surface area contributed by atoms with E-state index in [1.165, 1.54) is 0 Å². The number of nitrogens with zero attached hydrogens (tertiary/aromatic N) is 1. The number of rotatable bonds is 5. The van der Waals surface area contributed by atoms with Gasteiger partial charge in [0.2, 0.25) is 5.60 Å². The predicted molar refractivity (Wildman–Crippen MR) is 74.4 cm³/mol. The molecule has 0 aromatic heterocycles. The molecule has 0 spiro atoms. The van der Waals surface area contributed by atoms with Crippen LogP contribution in [0.3, 0.4) is 0 Å². The third-order valence-electron chi connectivity index (χ3n) is 2.93. The summed E-state index contributed by atoms with van der Waals surface area (Å²) >= 11 is 0. The molecule has 0 heterocycles. The molecule has 4 heteroatoms. The molecule has 2 aromatic carbocycles. The van der Waals surface area contributed by atoms with Gasteiger partial charge >= 0.3 is 0 Å². The Morgan fingerprint density at radius 1 is 1.10 bits per heavy atom. The van der Waals surface area contributed by atoms with Crippen LogP contribution in [0.15, 0.2) is 54.6 Å². The van der Waals surface area contributed by atoms with Crippen LogP contribution in [0.25, 0.3) is 0 Å². The molecule has 102 valence electrons. The fourth-order valence-electron chi connectivity index (χ4n) is 1.77. The highest BCUT2D eigenvalue weighted by Crippen LogP contribution is 2.24. The normalized spacial score (nSPS) is 13.1. The van der Waals surface area contributed by atoms with E-state index in [0.29, 0.717) is 17.1 Å². The minimum Gasteiger partial charge on any atom is -0.497 e.